The SMILES string of the molecule is CS(=O)(=O)c1ccc(NC(=O)CN(CC2CCCCC2)C2CC2)cc1. The smallest absolute Gasteiger partial charge is 0.238 e. The van der Waals surface area contributed by atoms with Gasteiger partial charge in [0.25, 0.3) is 0 Å². The van der Waals surface area contributed by atoms with Crippen LogP contribution in [0.15, 0.2) is 29.2 Å². The van der Waals surface area contributed by atoms with Gasteiger partial charge in [0.05, 0.1) is 11.4 Å². The fourth-order valence-electron chi connectivity index (χ4n) is 3.65. The number of carbonyl (C=O) groups excluding carboxylic acids is 1. The summed E-state index contributed by atoms with van der Waals surface area (Å²) in [6.07, 6.45) is 10.1. The molecule has 0 bridgehead atoms. The molecule has 0 aliphatic heterocycles. The van der Waals surface area contributed by atoms with Gasteiger partial charge in [0, 0.05) is 24.5 Å². The Morgan fingerprint density at radius 1 is 1.08 bits per heavy atom. The molecule has 0 atom stereocenters. The molecule has 138 valence electrons. The predicted octanol–water partition coefficient (Wildman–Crippen LogP) is 3.07. The summed E-state index contributed by atoms with van der Waals surface area (Å²) in [6.45, 7) is 1.46. The van der Waals surface area contributed by atoms with Gasteiger partial charge in [-0.3, -0.25) is 9.69 Å². The van der Waals surface area contributed by atoms with Crippen LogP contribution in [0, 0.1) is 5.92 Å². The zero-order chi connectivity index (χ0) is 17.9. The minimum atomic E-state index is -3.21. The van der Waals surface area contributed by atoms with Gasteiger partial charge in [-0.25, -0.2) is 8.42 Å². The Labute approximate surface area is 150 Å². The highest BCUT2D eigenvalue weighted by molar-refractivity contribution is 7.90. The molecule has 0 unspecified atom stereocenters. The third-order valence-electron chi connectivity index (χ3n) is 5.19. The van der Waals surface area contributed by atoms with Crippen molar-refractivity contribution >= 4 is 21.4 Å². The number of nitrogens with zero attached hydrogens (tertiary/aromatic N) is 1. The maximum atomic E-state index is 12.4. The normalized spacial score (nSPS) is 19.1. The van der Waals surface area contributed by atoms with Gasteiger partial charge in [-0.05, 0) is 55.9 Å². The van der Waals surface area contributed by atoms with E-state index in [1.165, 1.54) is 63.3 Å². The van der Waals surface area contributed by atoms with Gasteiger partial charge >= 0.3 is 0 Å². The first-order valence-corrected chi connectivity index (χ1v) is 11.1. The lowest BCUT2D eigenvalue weighted by atomic mass is 9.89. The van der Waals surface area contributed by atoms with E-state index in [1.54, 1.807) is 12.1 Å². The average molecular weight is 365 g/mol. The summed E-state index contributed by atoms with van der Waals surface area (Å²) < 4.78 is 23.0. The fourth-order valence-corrected chi connectivity index (χ4v) is 4.28. The Bertz CT molecular complexity index is 690. The number of hydrogen-bond acceptors (Lipinski definition) is 4. The van der Waals surface area contributed by atoms with Crippen molar-refractivity contribution < 1.29 is 13.2 Å². The van der Waals surface area contributed by atoms with Crippen LogP contribution in [-0.4, -0.2) is 44.6 Å². The van der Waals surface area contributed by atoms with E-state index in [0.29, 0.717) is 18.3 Å². The summed E-state index contributed by atoms with van der Waals surface area (Å²) in [5.74, 6) is 0.714. The average Bonchev–Trinajstić information content (AvgIpc) is 3.40. The van der Waals surface area contributed by atoms with E-state index >= 15 is 0 Å². The molecule has 0 radical (unpaired) electrons. The monoisotopic (exact) mass is 364 g/mol. The van der Waals surface area contributed by atoms with Crippen molar-refractivity contribution in [2.75, 3.05) is 24.7 Å². The number of amides is 1. The molecule has 1 aromatic rings. The van der Waals surface area contributed by atoms with Crippen molar-refractivity contribution in [3.63, 3.8) is 0 Å². The van der Waals surface area contributed by atoms with Crippen molar-refractivity contribution in [2.45, 2.75) is 55.9 Å². The number of hydrogen-bond donors (Lipinski definition) is 1. The summed E-state index contributed by atoms with van der Waals surface area (Å²) in [5, 5.41) is 2.90. The number of sulfone groups is 1. The lowest BCUT2D eigenvalue weighted by Gasteiger charge is -2.29. The quantitative estimate of drug-likeness (QED) is 0.807. The van der Waals surface area contributed by atoms with Gasteiger partial charge in [0.2, 0.25) is 5.91 Å². The molecule has 2 aliphatic rings. The third-order valence-corrected chi connectivity index (χ3v) is 6.32. The Morgan fingerprint density at radius 2 is 1.72 bits per heavy atom. The van der Waals surface area contributed by atoms with Crippen LogP contribution in [-0.2, 0) is 14.6 Å². The largest absolute Gasteiger partial charge is 0.325 e. The number of rotatable bonds is 7. The molecule has 2 fully saturated rings. The highest BCUT2D eigenvalue weighted by atomic mass is 32.2. The number of anilines is 1. The van der Waals surface area contributed by atoms with Gasteiger partial charge < -0.3 is 5.32 Å². The molecule has 0 spiro atoms. The minimum absolute atomic E-state index is 0.0187. The van der Waals surface area contributed by atoms with E-state index in [2.05, 4.69) is 10.2 Å². The molecule has 3 rings (SSSR count). The maximum absolute atomic E-state index is 12.4. The van der Waals surface area contributed by atoms with Crippen LogP contribution < -0.4 is 5.32 Å². The molecular weight excluding hydrogens is 336 g/mol. The van der Waals surface area contributed by atoms with Gasteiger partial charge in [0.1, 0.15) is 0 Å². The molecule has 5 nitrogen and oxygen atoms in total. The molecular formula is C19H28N2O3S. The van der Waals surface area contributed by atoms with Gasteiger partial charge in [0.15, 0.2) is 9.84 Å². The van der Waals surface area contributed by atoms with E-state index < -0.39 is 9.84 Å². The van der Waals surface area contributed by atoms with E-state index in [0.717, 1.165) is 12.5 Å². The van der Waals surface area contributed by atoms with Crippen LogP contribution >= 0.6 is 0 Å². The van der Waals surface area contributed by atoms with Crippen molar-refractivity contribution in [3.05, 3.63) is 24.3 Å². The van der Waals surface area contributed by atoms with E-state index in [4.69, 9.17) is 0 Å². The maximum Gasteiger partial charge on any atom is 0.238 e. The van der Waals surface area contributed by atoms with Gasteiger partial charge in [-0.15, -0.1) is 0 Å². The molecule has 1 N–H and O–H groups in total. The minimum Gasteiger partial charge on any atom is -0.325 e. The zero-order valence-corrected chi connectivity index (χ0v) is 15.7. The van der Waals surface area contributed by atoms with Crippen molar-refractivity contribution in [2.24, 2.45) is 5.92 Å². The van der Waals surface area contributed by atoms with Crippen LogP contribution in [0.25, 0.3) is 0 Å². The molecule has 2 saturated carbocycles. The van der Waals surface area contributed by atoms with E-state index in [-0.39, 0.29) is 10.8 Å². The predicted molar refractivity (Wildman–Crippen MR) is 99.4 cm³/mol. The summed E-state index contributed by atoms with van der Waals surface area (Å²) in [7, 11) is -3.21. The summed E-state index contributed by atoms with van der Waals surface area (Å²) >= 11 is 0. The van der Waals surface area contributed by atoms with Crippen LogP contribution in [0.3, 0.4) is 0 Å². The van der Waals surface area contributed by atoms with Gasteiger partial charge in [-0.1, -0.05) is 19.3 Å². The van der Waals surface area contributed by atoms with Crippen LogP contribution in [0.2, 0.25) is 0 Å². The molecule has 1 aromatic carbocycles. The zero-order valence-electron chi connectivity index (χ0n) is 14.9. The highest BCUT2D eigenvalue weighted by Crippen LogP contribution is 2.31. The first-order chi connectivity index (χ1) is 11.9. The second-order valence-electron chi connectivity index (χ2n) is 7.51. The Hall–Kier alpha value is -1.40. The third kappa shape index (κ3) is 5.54. The molecule has 0 saturated heterocycles. The number of benzene rings is 1. The summed E-state index contributed by atoms with van der Waals surface area (Å²) in [6, 6.07) is 6.94. The molecule has 0 aromatic heterocycles. The highest BCUT2D eigenvalue weighted by Gasteiger charge is 2.32. The van der Waals surface area contributed by atoms with Crippen molar-refractivity contribution in [1.82, 2.24) is 4.90 Å². The second kappa shape index (κ2) is 7.87. The molecule has 0 heterocycles. The topological polar surface area (TPSA) is 66.5 Å². The fraction of sp³-hybridized carbons (Fsp3) is 0.632. The first-order valence-electron chi connectivity index (χ1n) is 9.26. The summed E-state index contributed by atoms with van der Waals surface area (Å²) in [5.41, 5.74) is 0.644. The number of carbonyl (C=O) groups is 1. The first kappa shape index (κ1) is 18.4. The van der Waals surface area contributed by atoms with E-state index in [9.17, 15) is 13.2 Å². The van der Waals surface area contributed by atoms with Crippen LogP contribution in [0.4, 0.5) is 5.69 Å². The van der Waals surface area contributed by atoms with Gasteiger partial charge in [-0.2, -0.15) is 0 Å². The van der Waals surface area contributed by atoms with Crippen LogP contribution in [0.1, 0.15) is 44.9 Å². The molecule has 25 heavy (non-hydrogen) atoms. The van der Waals surface area contributed by atoms with Crippen LogP contribution in [0.5, 0.6) is 0 Å². The summed E-state index contributed by atoms with van der Waals surface area (Å²) in [4.78, 5) is 15.0. The Kier molecular flexibility index (Phi) is 5.79. The Morgan fingerprint density at radius 3 is 2.28 bits per heavy atom. The number of nitrogens with one attached hydrogen (secondary N) is 1. The molecule has 2 aliphatic carbocycles. The van der Waals surface area contributed by atoms with Crippen molar-refractivity contribution in [3.8, 4) is 0 Å². The second-order valence-corrected chi connectivity index (χ2v) is 9.53. The van der Waals surface area contributed by atoms with E-state index in [1.807, 2.05) is 0 Å². The van der Waals surface area contributed by atoms with Crippen molar-refractivity contribution in [1.29, 1.82) is 0 Å². The Balaban J connectivity index is 1.54. The standard InChI is InChI=1S/C19H28N2O3S/c1-25(23,24)18-11-7-16(8-12-18)20-19(22)14-21(17-9-10-17)13-15-5-3-2-4-6-15/h7-8,11-12,15,17H,2-6,9-10,13-14H2,1H3,(H,20,22). The lowest BCUT2D eigenvalue weighted by molar-refractivity contribution is -0.117. The lowest BCUT2D eigenvalue weighted by Crippen LogP contribution is -2.38. The molecule has 6 heteroatoms. The molecule has 1 amide bonds.